The molecule has 0 bridgehead atoms. The first-order valence-corrected chi connectivity index (χ1v) is 6.31. The quantitative estimate of drug-likeness (QED) is 0.655. The van der Waals surface area contributed by atoms with Gasteiger partial charge < -0.3 is 0 Å². The molecule has 0 saturated heterocycles. The average molecular weight is 259 g/mol. The Bertz CT molecular complexity index is 788. The van der Waals surface area contributed by atoms with Crippen molar-refractivity contribution in [1.82, 2.24) is 3.96 Å². The maximum atomic E-state index is 13.2. The van der Waals surface area contributed by atoms with Crippen LogP contribution in [0.15, 0.2) is 47.3 Å². The minimum Gasteiger partial charge on any atom is -0.267 e. The third kappa shape index (κ3) is 1.75. The molecule has 18 heavy (non-hydrogen) atoms. The third-order valence-electron chi connectivity index (χ3n) is 2.78. The fourth-order valence-corrected chi connectivity index (χ4v) is 2.88. The molecule has 2 nitrogen and oxygen atoms in total. The summed E-state index contributed by atoms with van der Waals surface area (Å²) in [5.41, 5.74) is 1.52. The van der Waals surface area contributed by atoms with E-state index in [9.17, 15) is 9.18 Å². The molecular formula is C14H10FNOS. The van der Waals surface area contributed by atoms with Gasteiger partial charge in [-0.2, -0.15) is 0 Å². The molecule has 0 spiro atoms. The molecule has 0 saturated carbocycles. The highest BCUT2D eigenvalue weighted by Gasteiger charge is 2.09. The van der Waals surface area contributed by atoms with Crippen LogP contribution >= 0.6 is 11.5 Å². The number of fused-ring (bicyclic) bond motifs is 1. The molecule has 1 aromatic heterocycles. The topological polar surface area (TPSA) is 22.0 Å². The lowest BCUT2D eigenvalue weighted by Gasteiger charge is -1.98. The zero-order valence-corrected chi connectivity index (χ0v) is 10.5. The van der Waals surface area contributed by atoms with Crippen LogP contribution in [0.4, 0.5) is 4.39 Å². The summed E-state index contributed by atoms with van der Waals surface area (Å²) in [7, 11) is 0. The number of halogens is 1. The van der Waals surface area contributed by atoms with E-state index in [1.807, 2.05) is 25.1 Å². The molecule has 3 rings (SSSR count). The molecule has 0 aliphatic heterocycles. The summed E-state index contributed by atoms with van der Waals surface area (Å²) in [5, 5.41) is 0.685. The van der Waals surface area contributed by atoms with Gasteiger partial charge in [0, 0.05) is 0 Å². The van der Waals surface area contributed by atoms with Crippen molar-refractivity contribution in [2.45, 2.75) is 6.92 Å². The van der Waals surface area contributed by atoms with Crippen molar-refractivity contribution in [3.63, 3.8) is 0 Å². The van der Waals surface area contributed by atoms with E-state index in [4.69, 9.17) is 0 Å². The lowest BCUT2D eigenvalue weighted by atomic mass is 10.2. The van der Waals surface area contributed by atoms with E-state index in [2.05, 4.69) is 0 Å². The second-order valence-corrected chi connectivity index (χ2v) is 5.16. The highest BCUT2D eigenvalue weighted by molar-refractivity contribution is 7.14. The van der Waals surface area contributed by atoms with Crippen molar-refractivity contribution >= 4 is 21.6 Å². The number of aromatic nitrogens is 1. The van der Waals surface area contributed by atoms with Gasteiger partial charge >= 0.3 is 0 Å². The zero-order valence-electron chi connectivity index (χ0n) is 9.68. The van der Waals surface area contributed by atoms with Crippen LogP contribution in [0.2, 0.25) is 0 Å². The number of rotatable bonds is 1. The van der Waals surface area contributed by atoms with Gasteiger partial charge in [-0.1, -0.05) is 29.2 Å². The summed E-state index contributed by atoms with van der Waals surface area (Å²) in [5.74, 6) is -0.340. The molecular weight excluding hydrogens is 249 g/mol. The Kier molecular flexibility index (Phi) is 2.52. The van der Waals surface area contributed by atoms with Crippen LogP contribution in [0, 0.1) is 12.7 Å². The van der Waals surface area contributed by atoms with Gasteiger partial charge in [-0.15, -0.1) is 0 Å². The van der Waals surface area contributed by atoms with Crippen LogP contribution in [-0.2, 0) is 0 Å². The second-order valence-electron chi connectivity index (χ2n) is 4.17. The largest absolute Gasteiger partial charge is 0.273 e. The van der Waals surface area contributed by atoms with E-state index >= 15 is 0 Å². The van der Waals surface area contributed by atoms with Crippen LogP contribution in [-0.4, -0.2) is 3.96 Å². The van der Waals surface area contributed by atoms with Crippen LogP contribution in [0.25, 0.3) is 15.8 Å². The zero-order chi connectivity index (χ0) is 12.7. The Morgan fingerprint density at radius 1 is 1.17 bits per heavy atom. The summed E-state index contributed by atoms with van der Waals surface area (Å²) in [6, 6.07) is 11.8. The Hall–Kier alpha value is -1.94. The molecule has 1 heterocycles. The van der Waals surface area contributed by atoms with Gasteiger partial charge in [-0.05, 0) is 37.3 Å². The normalized spacial score (nSPS) is 11.0. The summed E-state index contributed by atoms with van der Waals surface area (Å²) < 4.78 is 15.6. The first kappa shape index (κ1) is 11.2. The predicted octanol–water partition coefficient (Wildman–Crippen LogP) is 3.50. The second kappa shape index (κ2) is 4.07. The van der Waals surface area contributed by atoms with E-state index in [0.29, 0.717) is 11.1 Å². The summed E-state index contributed by atoms with van der Waals surface area (Å²) in [6.45, 7) is 1.95. The molecule has 0 aliphatic carbocycles. The summed E-state index contributed by atoms with van der Waals surface area (Å²) >= 11 is 1.33. The molecule has 0 aliphatic rings. The van der Waals surface area contributed by atoms with Crippen molar-refractivity contribution in [2.75, 3.05) is 0 Å². The van der Waals surface area contributed by atoms with Gasteiger partial charge in [-0.25, -0.2) is 8.35 Å². The first-order valence-electron chi connectivity index (χ1n) is 5.54. The molecule has 90 valence electrons. The van der Waals surface area contributed by atoms with E-state index in [0.717, 1.165) is 10.3 Å². The van der Waals surface area contributed by atoms with Gasteiger partial charge in [0.15, 0.2) is 0 Å². The third-order valence-corrected chi connectivity index (χ3v) is 3.89. The summed E-state index contributed by atoms with van der Waals surface area (Å²) in [6.07, 6.45) is 0. The molecule has 0 atom stereocenters. The van der Waals surface area contributed by atoms with E-state index in [-0.39, 0.29) is 11.4 Å². The molecule has 0 fully saturated rings. The van der Waals surface area contributed by atoms with Crippen molar-refractivity contribution < 1.29 is 4.39 Å². The molecule has 0 radical (unpaired) electrons. The van der Waals surface area contributed by atoms with Gasteiger partial charge in [-0.3, -0.25) is 4.79 Å². The molecule has 0 amide bonds. The number of aryl methyl sites for hydroxylation is 1. The van der Waals surface area contributed by atoms with Crippen molar-refractivity contribution in [1.29, 1.82) is 0 Å². The fraction of sp³-hybridized carbons (Fsp3) is 0.0714. The Morgan fingerprint density at radius 3 is 2.78 bits per heavy atom. The van der Waals surface area contributed by atoms with Crippen molar-refractivity contribution in [2.24, 2.45) is 0 Å². The average Bonchev–Trinajstić information content (AvgIpc) is 2.67. The van der Waals surface area contributed by atoms with Crippen LogP contribution in [0.1, 0.15) is 5.56 Å². The highest BCUT2D eigenvalue weighted by atomic mass is 32.1. The van der Waals surface area contributed by atoms with Gasteiger partial charge in [0.1, 0.15) is 5.82 Å². The molecule has 3 aromatic rings. The van der Waals surface area contributed by atoms with E-state index in [1.54, 1.807) is 12.1 Å². The maximum Gasteiger partial charge on any atom is 0.273 e. The Morgan fingerprint density at radius 2 is 2.00 bits per heavy atom. The van der Waals surface area contributed by atoms with Crippen LogP contribution < -0.4 is 5.56 Å². The molecule has 2 aromatic carbocycles. The van der Waals surface area contributed by atoms with Gasteiger partial charge in [0.2, 0.25) is 0 Å². The molecule has 0 N–H and O–H groups in total. The van der Waals surface area contributed by atoms with Gasteiger partial charge in [0.05, 0.1) is 15.8 Å². The maximum absolute atomic E-state index is 13.2. The standard InChI is InChI=1S/C14H10FNOS/c1-9-5-6-13-12(7-9)14(17)16(18-13)11-4-2-3-10(15)8-11/h2-8H,1H3. The van der Waals surface area contributed by atoms with Gasteiger partial charge in [0.25, 0.3) is 5.56 Å². The summed E-state index contributed by atoms with van der Waals surface area (Å²) in [4.78, 5) is 12.2. The molecule has 4 heteroatoms. The Balaban J connectivity index is 2.31. The van der Waals surface area contributed by atoms with Crippen LogP contribution in [0.3, 0.4) is 0 Å². The molecule has 0 unspecified atom stereocenters. The SMILES string of the molecule is Cc1ccc2sn(-c3cccc(F)c3)c(=O)c2c1. The number of nitrogens with zero attached hydrogens (tertiary/aromatic N) is 1. The Labute approximate surface area is 107 Å². The number of hydrogen-bond donors (Lipinski definition) is 0. The minimum absolute atomic E-state index is 0.0932. The number of hydrogen-bond acceptors (Lipinski definition) is 2. The number of benzene rings is 2. The highest BCUT2D eigenvalue weighted by Crippen LogP contribution is 2.21. The lowest BCUT2D eigenvalue weighted by Crippen LogP contribution is -2.10. The fourth-order valence-electron chi connectivity index (χ4n) is 1.91. The van der Waals surface area contributed by atoms with Crippen molar-refractivity contribution in [3.8, 4) is 5.69 Å². The van der Waals surface area contributed by atoms with Crippen molar-refractivity contribution in [3.05, 3.63) is 64.2 Å². The first-order chi connectivity index (χ1) is 8.65. The van der Waals surface area contributed by atoms with E-state index in [1.165, 1.54) is 27.6 Å². The monoisotopic (exact) mass is 259 g/mol. The van der Waals surface area contributed by atoms with E-state index < -0.39 is 0 Å². The van der Waals surface area contributed by atoms with Crippen LogP contribution in [0.5, 0.6) is 0 Å². The minimum atomic E-state index is -0.340. The smallest absolute Gasteiger partial charge is 0.267 e. The predicted molar refractivity (Wildman–Crippen MR) is 72.1 cm³/mol. The lowest BCUT2D eigenvalue weighted by molar-refractivity contribution is 0.627.